The van der Waals surface area contributed by atoms with Crippen LogP contribution in [0.5, 0.6) is 0 Å². The monoisotopic (exact) mass is 373 g/mol. The van der Waals surface area contributed by atoms with E-state index in [0.29, 0.717) is 24.7 Å². The first kappa shape index (κ1) is 17.8. The number of ether oxygens (including phenoxy) is 1. The number of benzene rings is 1. The molecule has 1 amide bonds. The van der Waals surface area contributed by atoms with Crippen molar-refractivity contribution in [2.24, 2.45) is 0 Å². The first-order valence-electron chi connectivity index (χ1n) is 7.58. The summed E-state index contributed by atoms with van der Waals surface area (Å²) >= 11 is 5.86. The highest BCUT2D eigenvalue weighted by Gasteiger charge is 2.34. The summed E-state index contributed by atoms with van der Waals surface area (Å²) in [5.74, 6) is -0.306. The molecule has 0 N–H and O–H groups in total. The van der Waals surface area contributed by atoms with Crippen LogP contribution in [0.4, 0.5) is 13.2 Å². The maximum atomic E-state index is 12.6. The number of carbonyl (C=O) groups excluding carboxylic acids is 1. The Bertz CT molecular complexity index is 746. The number of nitrogens with zero attached hydrogens (tertiary/aromatic N) is 3. The van der Waals surface area contributed by atoms with E-state index in [9.17, 15) is 18.0 Å². The topological polar surface area (TPSA) is 47.4 Å². The highest BCUT2D eigenvalue weighted by Crippen LogP contribution is 2.27. The quantitative estimate of drug-likeness (QED) is 0.830. The number of hydrogen-bond donors (Lipinski definition) is 0. The first-order valence-corrected chi connectivity index (χ1v) is 7.96. The van der Waals surface area contributed by atoms with Gasteiger partial charge in [-0.1, -0.05) is 23.7 Å². The molecule has 9 heteroatoms. The summed E-state index contributed by atoms with van der Waals surface area (Å²) in [4.78, 5) is 13.9. The van der Waals surface area contributed by atoms with Gasteiger partial charge < -0.3 is 9.64 Å². The van der Waals surface area contributed by atoms with Gasteiger partial charge in [0.25, 0.3) is 0 Å². The fourth-order valence-corrected chi connectivity index (χ4v) is 2.72. The summed E-state index contributed by atoms with van der Waals surface area (Å²) in [7, 11) is 0. The van der Waals surface area contributed by atoms with E-state index in [-0.39, 0.29) is 18.6 Å². The Morgan fingerprint density at radius 1 is 1.28 bits per heavy atom. The molecule has 1 saturated heterocycles. The van der Waals surface area contributed by atoms with Gasteiger partial charge in [-0.2, -0.15) is 18.3 Å². The number of hydrogen-bond acceptors (Lipinski definition) is 3. The average Bonchev–Trinajstić information content (AvgIpc) is 3.04. The lowest BCUT2D eigenvalue weighted by molar-refractivity contribution is -0.143. The third-order valence-corrected chi connectivity index (χ3v) is 4.14. The molecule has 1 fully saturated rings. The molecule has 1 unspecified atom stereocenters. The van der Waals surface area contributed by atoms with E-state index in [2.05, 4.69) is 5.10 Å². The van der Waals surface area contributed by atoms with Crippen molar-refractivity contribution in [1.29, 1.82) is 0 Å². The highest BCUT2D eigenvalue weighted by atomic mass is 35.5. The Morgan fingerprint density at radius 2 is 2.00 bits per heavy atom. The molecule has 1 aliphatic rings. The van der Waals surface area contributed by atoms with Crippen LogP contribution in [0.1, 0.15) is 17.4 Å². The van der Waals surface area contributed by atoms with Crippen LogP contribution in [0, 0.1) is 0 Å². The molecule has 2 heterocycles. The van der Waals surface area contributed by atoms with E-state index in [1.807, 2.05) is 12.1 Å². The molecule has 0 spiro atoms. The SMILES string of the molecule is O=C(Cn1ccc(C(F)(F)F)n1)N1CCOC(c2ccc(Cl)cc2)C1. The molecule has 1 aliphatic heterocycles. The van der Waals surface area contributed by atoms with Crippen molar-refractivity contribution in [3.8, 4) is 0 Å². The van der Waals surface area contributed by atoms with Crippen molar-refractivity contribution in [2.75, 3.05) is 19.7 Å². The van der Waals surface area contributed by atoms with Gasteiger partial charge in [0.05, 0.1) is 13.2 Å². The minimum absolute atomic E-state index is 0.247. The Balaban J connectivity index is 1.64. The third kappa shape index (κ3) is 4.32. The maximum Gasteiger partial charge on any atom is 0.435 e. The van der Waals surface area contributed by atoms with E-state index in [4.69, 9.17) is 16.3 Å². The van der Waals surface area contributed by atoms with E-state index in [1.54, 1.807) is 17.0 Å². The molecule has 0 aliphatic carbocycles. The largest absolute Gasteiger partial charge is 0.435 e. The second kappa shape index (κ2) is 7.05. The van der Waals surface area contributed by atoms with Crippen LogP contribution in [0.3, 0.4) is 0 Å². The van der Waals surface area contributed by atoms with Crippen molar-refractivity contribution in [3.63, 3.8) is 0 Å². The van der Waals surface area contributed by atoms with Crippen molar-refractivity contribution in [1.82, 2.24) is 14.7 Å². The van der Waals surface area contributed by atoms with Gasteiger partial charge in [0.2, 0.25) is 5.91 Å². The van der Waals surface area contributed by atoms with Crippen molar-refractivity contribution >= 4 is 17.5 Å². The van der Waals surface area contributed by atoms with Crippen LogP contribution in [-0.4, -0.2) is 40.3 Å². The second-order valence-electron chi connectivity index (χ2n) is 5.65. The smallest absolute Gasteiger partial charge is 0.370 e. The molecule has 25 heavy (non-hydrogen) atoms. The second-order valence-corrected chi connectivity index (χ2v) is 6.08. The minimum Gasteiger partial charge on any atom is -0.370 e. The van der Waals surface area contributed by atoms with Crippen LogP contribution in [0.15, 0.2) is 36.5 Å². The summed E-state index contributed by atoms with van der Waals surface area (Å²) in [5, 5.41) is 4.00. The predicted octanol–water partition coefficient (Wildman–Crippen LogP) is 3.16. The van der Waals surface area contributed by atoms with Gasteiger partial charge in [0.1, 0.15) is 12.6 Å². The summed E-state index contributed by atoms with van der Waals surface area (Å²) < 4.78 is 44.4. The molecule has 134 valence electrons. The zero-order valence-corrected chi connectivity index (χ0v) is 13.8. The number of alkyl halides is 3. The molecular formula is C16H15ClF3N3O2. The number of rotatable bonds is 3. The van der Waals surface area contributed by atoms with Gasteiger partial charge in [0.15, 0.2) is 5.69 Å². The zero-order chi connectivity index (χ0) is 18.0. The third-order valence-electron chi connectivity index (χ3n) is 3.89. The molecule has 0 radical (unpaired) electrons. The normalized spacial score (nSPS) is 18.4. The van der Waals surface area contributed by atoms with E-state index in [0.717, 1.165) is 22.5 Å². The van der Waals surface area contributed by atoms with Crippen molar-refractivity contribution < 1.29 is 22.7 Å². The van der Waals surface area contributed by atoms with Gasteiger partial charge in [-0.15, -0.1) is 0 Å². The van der Waals surface area contributed by atoms with Gasteiger partial charge in [-0.3, -0.25) is 9.48 Å². The van der Waals surface area contributed by atoms with E-state index in [1.165, 1.54) is 0 Å². The standard InChI is InChI=1S/C16H15ClF3N3O2/c17-12-3-1-11(2-4-12)13-9-22(7-8-25-13)15(24)10-23-6-5-14(21-23)16(18,19)20/h1-6,13H,7-10H2. The lowest BCUT2D eigenvalue weighted by Gasteiger charge is -2.33. The number of aromatic nitrogens is 2. The van der Waals surface area contributed by atoms with Gasteiger partial charge in [-0.05, 0) is 23.8 Å². The Morgan fingerprint density at radius 3 is 2.64 bits per heavy atom. The Labute approximate surface area is 146 Å². The summed E-state index contributed by atoms with van der Waals surface area (Å²) in [5.41, 5.74) is -0.123. The van der Waals surface area contributed by atoms with E-state index < -0.39 is 11.9 Å². The molecule has 2 aromatic rings. The molecule has 0 saturated carbocycles. The predicted molar refractivity (Wildman–Crippen MR) is 84.0 cm³/mol. The number of amides is 1. The molecule has 5 nitrogen and oxygen atoms in total. The van der Waals surface area contributed by atoms with Crippen LogP contribution in [0.25, 0.3) is 0 Å². The van der Waals surface area contributed by atoms with Gasteiger partial charge in [-0.25, -0.2) is 0 Å². The van der Waals surface area contributed by atoms with Crippen LogP contribution < -0.4 is 0 Å². The number of carbonyl (C=O) groups is 1. The lowest BCUT2D eigenvalue weighted by Crippen LogP contribution is -2.43. The van der Waals surface area contributed by atoms with Gasteiger partial charge >= 0.3 is 6.18 Å². The van der Waals surface area contributed by atoms with Crippen LogP contribution >= 0.6 is 11.6 Å². The fourth-order valence-electron chi connectivity index (χ4n) is 2.59. The van der Waals surface area contributed by atoms with Crippen molar-refractivity contribution in [3.05, 3.63) is 52.8 Å². The maximum absolute atomic E-state index is 12.6. The summed E-state index contributed by atoms with van der Waals surface area (Å²) in [6.07, 6.45) is -3.66. The number of halogens is 4. The molecule has 0 bridgehead atoms. The molecule has 1 atom stereocenters. The van der Waals surface area contributed by atoms with Gasteiger partial charge in [0, 0.05) is 17.8 Å². The molecule has 1 aromatic carbocycles. The van der Waals surface area contributed by atoms with E-state index >= 15 is 0 Å². The lowest BCUT2D eigenvalue weighted by atomic mass is 10.1. The van der Waals surface area contributed by atoms with Crippen molar-refractivity contribution in [2.45, 2.75) is 18.8 Å². The van der Waals surface area contributed by atoms with Crippen LogP contribution in [-0.2, 0) is 22.3 Å². The first-order chi connectivity index (χ1) is 11.8. The summed E-state index contributed by atoms with van der Waals surface area (Å²) in [6, 6.07) is 7.98. The molecule has 1 aromatic heterocycles. The summed E-state index contributed by atoms with van der Waals surface area (Å²) in [6.45, 7) is 0.819. The fraction of sp³-hybridized carbons (Fsp3) is 0.375. The molecule has 3 rings (SSSR count). The average molecular weight is 374 g/mol. The van der Waals surface area contributed by atoms with Crippen LogP contribution in [0.2, 0.25) is 5.02 Å². The molecular weight excluding hydrogens is 359 g/mol. The Hall–Kier alpha value is -2.06. The minimum atomic E-state index is -4.52. The number of morpholine rings is 1. The highest BCUT2D eigenvalue weighted by molar-refractivity contribution is 6.30. The zero-order valence-electron chi connectivity index (χ0n) is 13.0. The Kier molecular flexibility index (Phi) is 5.01.